The minimum absolute atomic E-state index is 0.109. The van der Waals surface area contributed by atoms with Crippen molar-refractivity contribution in [1.29, 1.82) is 0 Å². The third kappa shape index (κ3) is 2.66. The van der Waals surface area contributed by atoms with Crippen LogP contribution in [-0.4, -0.2) is 20.6 Å². The summed E-state index contributed by atoms with van der Waals surface area (Å²) in [5.41, 5.74) is -0.287. The molecule has 1 aliphatic rings. The molecule has 3 rings (SSSR count). The van der Waals surface area contributed by atoms with E-state index in [1.807, 2.05) is 0 Å². The number of aromatic amines is 1. The van der Waals surface area contributed by atoms with E-state index in [4.69, 9.17) is 4.52 Å². The van der Waals surface area contributed by atoms with Gasteiger partial charge in [-0.1, -0.05) is 0 Å². The van der Waals surface area contributed by atoms with Crippen LogP contribution in [0.5, 0.6) is 0 Å². The molecule has 2 aromatic heterocycles. The molecule has 0 radical (unpaired) electrons. The second kappa shape index (κ2) is 5.36. The monoisotopic (exact) mass is 276 g/mol. The van der Waals surface area contributed by atoms with Gasteiger partial charge < -0.3 is 14.4 Å². The van der Waals surface area contributed by atoms with Gasteiger partial charge in [0, 0.05) is 31.9 Å². The smallest absolute Gasteiger partial charge is 0.280 e. The fraction of sp³-hybridized carbons (Fsp3) is 0.462. The molecule has 0 aliphatic carbocycles. The van der Waals surface area contributed by atoms with Gasteiger partial charge in [-0.3, -0.25) is 9.59 Å². The minimum Gasteiger partial charge on any atom is -0.384 e. The molecule has 0 bridgehead atoms. The summed E-state index contributed by atoms with van der Waals surface area (Å²) in [6, 6.07) is 1.36. The lowest BCUT2D eigenvalue weighted by Gasteiger charge is -2.16. The van der Waals surface area contributed by atoms with E-state index in [9.17, 15) is 9.59 Å². The molecule has 7 nitrogen and oxygen atoms in total. The number of hydrogen-bond acceptors (Lipinski definition) is 4. The van der Waals surface area contributed by atoms with Crippen LogP contribution in [0.3, 0.4) is 0 Å². The van der Waals surface area contributed by atoms with Crippen LogP contribution < -0.4 is 10.9 Å². The summed E-state index contributed by atoms with van der Waals surface area (Å²) in [5.74, 6) is 2.16. The molecule has 0 unspecified atom stereocenters. The Morgan fingerprint density at radius 1 is 1.50 bits per heavy atom. The molecule has 0 spiro atoms. The summed E-state index contributed by atoms with van der Waals surface area (Å²) < 4.78 is 6.96. The standard InChI is InChI=1S/C13H16N4O3/c18-12(5-4-9-7-13(19)16-20-9)15-11-8-14-10-3-1-2-6-17(10)11/h7-8H,1-6H2,(H,15,18)(H,16,19). The van der Waals surface area contributed by atoms with Gasteiger partial charge in [0.2, 0.25) is 5.91 Å². The lowest BCUT2D eigenvalue weighted by Crippen LogP contribution is -2.18. The molecular weight excluding hydrogens is 260 g/mol. The molecule has 0 aromatic carbocycles. The highest BCUT2D eigenvalue weighted by atomic mass is 16.5. The van der Waals surface area contributed by atoms with E-state index < -0.39 is 0 Å². The van der Waals surface area contributed by atoms with Crippen LogP contribution in [0.4, 0.5) is 5.82 Å². The molecule has 0 atom stereocenters. The van der Waals surface area contributed by atoms with Crippen molar-refractivity contribution in [3.8, 4) is 0 Å². The zero-order chi connectivity index (χ0) is 13.9. The first-order chi connectivity index (χ1) is 9.72. The Balaban J connectivity index is 1.59. The number of imidazole rings is 1. The number of amides is 1. The second-order valence-electron chi connectivity index (χ2n) is 4.90. The zero-order valence-electron chi connectivity index (χ0n) is 11.0. The lowest BCUT2D eigenvalue weighted by molar-refractivity contribution is -0.116. The molecule has 20 heavy (non-hydrogen) atoms. The van der Waals surface area contributed by atoms with Crippen molar-refractivity contribution >= 4 is 11.7 Å². The predicted molar refractivity (Wildman–Crippen MR) is 71.4 cm³/mol. The maximum absolute atomic E-state index is 11.9. The number of nitrogens with one attached hydrogen (secondary N) is 2. The molecular formula is C13H16N4O3. The van der Waals surface area contributed by atoms with Crippen LogP contribution >= 0.6 is 0 Å². The molecule has 0 saturated heterocycles. The van der Waals surface area contributed by atoms with Gasteiger partial charge in [0.05, 0.1) is 6.20 Å². The van der Waals surface area contributed by atoms with Crippen molar-refractivity contribution in [3.63, 3.8) is 0 Å². The van der Waals surface area contributed by atoms with Gasteiger partial charge in [-0.15, -0.1) is 0 Å². The Hall–Kier alpha value is -2.31. The van der Waals surface area contributed by atoms with E-state index in [1.165, 1.54) is 6.07 Å². The van der Waals surface area contributed by atoms with Crippen molar-refractivity contribution in [2.45, 2.75) is 38.6 Å². The molecule has 1 aliphatic heterocycles. The van der Waals surface area contributed by atoms with E-state index in [2.05, 4.69) is 20.0 Å². The van der Waals surface area contributed by atoms with E-state index in [0.29, 0.717) is 12.2 Å². The maximum Gasteiger partial charge on any atom is 0.280 e. The molecule has 0 fully saturated rings. The Morgan fingerprint density at radius 2 is 2.40 bits per heavy atom. The highest BCUT2D eigenvalue weighted by Crippen LogP contribution is 2.19. The summed E-state index contributed by atoms with van der Waals surface area (Å²) in [7, 11) is 0. The number of carbonyl (C=O) groups excluding carboxylic acids is 1. The quantitative estimate of drug-likeness (QED) is 0.873. The van der Waals surface area contributed by atoms with E-state index in [-0.39, 0.29) is 17.9 Å². The van der Waals surface area contributed by atoms with Crippen molar-refractivity contribution < 1.29 is 9.32 Å². The number of nitrogens with zero attached hydrogens (tertiary/aromatic N) is 2. The SMILES string of the molecule is O=C(CCc1cc(=O)[nH]o1)Nc1cnc2n1CCCC2. The summed E-state index contributed by atoms with van der Waals surface area (Å²) in [5, 5.41) is 5.06. The van der Waals surface area contributed by atoms with E-state index in [1.54, 1.807) is 6.20 Å². The normalized spacial score (nSPS) is 14.0. The van der Waals surface area contributed by atoms with Crippen LogP contribution in [0.2, 0.25) is 0 Å². The highest BCUT2D eigenvalue weighted by molar-refractivity contribution is 5.89. The van der Waals surface area contributed by atoms with Crippen molar-refractivity contribution in [2.24, 2.45) is 0 Å². The summed E-state index contributed by atoms with van der Waals surface area (Å²) in [4.78, 5) is 27.1. The number of aryl methyl sites for hydroxylation is 2. The Morgan fingerprint density at radius 3 is 3.20 bits per heavy atom. The third-order valence-electron chi connectivity index (χ3n) is 3.41. The zero-order valence-corrected chi connectivity index (χ0v) is 11.0. The average molecular weight is 276 g/mol. The van der Waals surface area contributed by atoms with E-state index >= 15 is 0 Å². The molecule has 1 amide bonds. The molecule has 2 aromatic rings. The average Bonchev–Trinajstić information content (AvgIpc) is 3.04. The molecule has 106 valence electrons. The number of fused-ring (bicyclic) bond motifs is 1. The molecule has 3 heterocycles. The molecule has 0 saturated carbocycles. The Kier molecular flexibility index (Phi) is 3.41. The largest absolute Gasteiger partial charge is 0.384 e. The molecule has 2 N–H and O–H groups in total. The fourth-order valence-electron chi connectivity index (χ4n) is 2.40. The number of anilines is 1. The van der Waals surface area contributed by atoms with Crippen molar-refractivity contribution in [3.05, 3.63) is 34.2 Å². The number of aromatic nitrogens is 3. The molecule has 7 heteroatoms. The fourth-order valence-corrected chi connectivity index (χ4v) is 2.40. The number of hydrogen-bond donors (Lipinski definition) is 2. The van der Waals surface area contributed by atoms with Gasteiger partial charge in [0.1, 0.15) is 17.4 Å². The minimum atomic E-state index is -0.287. The maximum atomic E-state index is 11.9. The highest BCUT2D eigenvalue weighted by Gasteiger charge is 2.15. The van der Waals surface area contributed by atoms with Crippen LogP contribution in [-0.2, 0) is 24.2 Å². The summed E-state index contributed by atoms with van der Waals surface area (Å²) in [6.07, 6.45) is 5.59. The van der Waals surface area contributed by atoms with Crippen molar-refractivity contribution in [2.75, 3.05) is 5.32 Å². The van der Waals surface area contributed by atoms with Gasteiger partial charge in [-0.2, -0.15) is 5.16 Å². The van der Waals surface area contributed by atoms with Gasteiger partial charge in [0.25, 0.3) is 5.56 Å². The van der Waals surface area contributed by atoms with Crippen molar-refractivity contribution in [1.82, 2.24) is 14.7 Å². The first-order valence-electron chi connectivity index (χ1n) is 6.74. The topological polar surface area (TPSA) is 92.9 Å². The van der Waals surface area contributed by atoms with Gasteiger partial charge >= 0.3 is 0 Å². The number of H-pyrrole nitrogens is 1. The van der Waals surface area contributed by atoms with Gasteiger partial charge in [0.15, 0.2) is 0 Å². The van der Waals surface area contributed by atoms with Crippen LogP contribution in [0.15, 0.2) is 21.6 Å². The van der Waals surface area contributed by atoms with Gasteiger partial charge in [-0.25, -0.2) is 4.98 Å². The van der Waals surface area contributed by atoms with Crippen LogP contribution in [0.1, 0.15) is 30.8 Å². The summed E-state index contributed by atoms with van der Waals surface area (Å²) in [6.45, 7) is 0.900. The van der Waals surface area contributed by atoms with Crippen LogP contribution in [0, 0.1) is 0 Å². The lowest BCUT2D eigenvalue weighted by atomic mass is 10.2. The second-order valence-corrected chi connectivity index (χ2v) is 4.90. The summed E-state index contributed by atoms with van der Waals surface area (Å²) >= 11 is 0. The first kappa shape index (κ1) is 12.7. The number of rotatable bonds is 4. The van der Waals surface area contributed by atoms with E-state index in [0.717, 1.165) is 37.4 Å². The first-order valence-corrected chi connectivity index (χ1v) is 6.74. The Bertz CT molecular complexity index is 667. The number of carbonyl (C=O) groups is 1. The van der Waals surface area contributed by atoms with Crippen LogP contribution in [0.25, 0.3) is 0 Å². The van der Waals surface area contributed by atoms with Gasteiger partial charge in [-0.05, 0) is 12.8 Å². The predicted octanol–water partition coefficient (Wildman–Crippen LogP) is 1.07. The third-order valence-corrected chi connectivity index (χ3v) is 3.41. The Labute approximate surface area is 115 Å².